The van der Waals surface area contributed by atoms with E-state index in [4.69, 9.17) is 4.74 Å². The Hall–Kier alpha value is -3.12. The fourth-order valence-corrected chi connectivity index (χ4v) is 3.02. The van der Waals surface area contributed by atoms with Gasteiger partial charge in [0, 0.05) is 5.56 Å². The van der Waals surface area contributed by atoms with E-state index in [2.05, 4.69) is 25.8 Å². The molecule has 1 amide bonds. The van der Waals surface area contributed by atoms with Crippen LogP contribution in [0.15, 0.2) is 43.0 Å². The predicted molar refractivity (Wildman–Crippen MR) is 95.9 cm³/mol. The SMILES string of the molecule is O=C(NNc1ncnc2c1ncn2[C@@H]1O[C@H](CO)[C@@H](O)[C@H]1O)c1ccccc1. The summed E-state index contributed by atoms with van der Waals surface area (Å²) in [6.07, 6.45) is -1.75. The maximum absolute atomic E-state index is 12.2. The third kappa shape index (κ3) is 3.16. The summed E-state index contributed by atoms with van der Waals surface area (Å²) < 4.78 is 6.94. The minimum Gasteiger partial charge on any atom is -0.394 e. The third-order valence-electron chi connectivity index (χ3n) is 4.48. The van der Waals surface area contributed by atoms with Crippen molar-refractivity contribution in [3.05, 3.63) is 48.5 Å². The normalized spacial score (nSPS) is 24.4. The van der Waals surface area contributed by atoms with Crippen LogP contribution < -0.4 is 10.9 Å². The number of aliphatic hydroxyl groups excluding tert-OH is 3. The van der Waals surface area contributed by atoms with Gasteiger partial charge in [-0.25, -0.2) is 15.0 Å². The van der Waals surface area contributed by atoms with Crippen LogP contribution in [0.25, 0.3) is 11.2 Å². The van der Waals surface area contributed by atoms with Gasteiger partial charge >= 0.3 is 0 Å². The maximum atomic E-state index is 12.2. The number of nitrogens with one attached hydrogen (secondary N) is 2. The lowest BCUT2D eigenvalue weighted by Gasteiger charge is -2.16. The van der Waals surface area contributed by atoms with Crippen molar-refractivity contribution in [2.75, 3.05) is 12.0 Å². The van der Waals surface area contributed by atoms with Gasteiger partial charge in [-0.15, -0.1) is 0 Å². The number of ether oxygens (including phenoxy) is 1. The number of hydrogen-bond donors (Lipinski definition) is 5. The van der Waals surface area contributed by atoms with Crippen LogP contribution in [-0.4, -0.2) is 65.7 Å². The zero-order valence-electron chi connectivity index (χ0n) is 14.5. The molecular formula is C17H18N6O5. The van der Waals surface area contributed by atoms with Gasteiger partial charge in [0.2, 0.25) is 0 Å². The molecule has 3 heterocycles. The molecule has 4 rings (SSSR count). The first-order valence-corrected chi connectivity index (χ1v) is 8.51. The first kappa shape index (κ1) is 18.3. The topological polar surface area (TPSA) is 155 Å². The van der Waals surface area contributed by atoms with E-state index in [0.29, 0.717) is 16.7 Å². The van der Waals surface area contributed by atoms with E-state index < -0.39 is 31.1 Å². The molecule has 11 nitrogen and oxygen atoms in total. The number of nitrogens with zero attached hydrogens (tertiary/aromatic N) is 4. The van der Waals surface area contributed by atoms with Crippen molar-refractivity contribution < 1.29 is 24.9 Å². The quantitative estimate of drug-likeness (QED) is 0.354. The maximum Gasteiger partial charge on any atom is 0.269 e. The molecule has 0 aliphatic carbocycles. The van der Waals surface area contributed by atoms with Gasteiger partial charge in [-0.05, 0) is 12.1 Å². The largest absolute Gasteiger partial charge is 0.394 e. The van der Waals surface area contributed by atoms with E-state index in [9.17, 15) is 20.1 Å². The van der Waals surface area contributed by atoms with Crippen LogP contribution in [0.1, 0.15) is 16.6 Å². The first-order chi connectivity index (χ1) is 13.6. The molecular weight excluding hydrogens is 368 g/mol. The zero-order valence-corrected chi connectivity index (χ0v) is 14.5. The van der Waals surface area contributed by atoms with Crippen molar-refractivity contribution in [1.82, 2.24) is 24.9 Å². The molecule has 1 fully saturated rings. The summed E-state index contributed by atoms with van der Waals surface area (Å²) in [7, 11) is 0. The van der Waals surface area contributed by atoms with E-state index in [1.54, 1.807) is 24.3 Å². The number of benzene rings is 1. The summed E-state index contributed by atoms with van der Waals surface area (Å²) in [5, 5.41) is 29.4. The van der Waals surface area contributed by atoms with Crippen LogP contribution in [0, 0.1) is 0 Å². The Morgan fingerprint density at radius 2 is 1.93 bits per heavy atom. The number of imidazole rings is 1. The molecule has 11 heteroatoms. The molecule has 1 aliphatic rings. The Kier molecular flexibility index (Phi) is 4.88. The Balaban J connectivity index is 1.56. The van der Waals surface area contributed by atoms with E-state index in [1.807, 2.05) is 6.07 Å². The number of aromatic nitrogens is 4. The number of aliphatic hydroxyl groups is 3. The monoisotopic (exact) mass is 386 g/mol. The van der Waals surface area contributed by atoms with Crippen molar-refractivity contribution >= 4 is 22.9 Å². The molecule has 1 aromatic carbocycles. The number of carbonyl (C=O) groups excluding carboxylic acids is 1. The highest BCUT2D eigenvalue weighted by atomic mass is 16.6. The van der Waals surface area contributed by atoms with Crippen LogP contribution in [0.4, 0.5) is 5.82 Å². The Bertz CT molecular complexity index is 981. The number of carbonyl (C=O) groups is 1. The molecule has 0 bridgehead atoms. The van der Waals surface area contributed by atoms with E-state index in [0.717, 1.165) is 0 Å². The summed E-state index contributed by atoms with van der Waals surface area (Å²) in [5.41, 5.74) is 6.36. The summed E-state index contributed by atoms with van der Waals surface area (Å²) >= 11 is 0. The van der Waals surface area contributed by atoms with Crippen molar-refractivity contribution in [2.45, 2.75) is 24.5 Å². The molecule has 0 radical (unpaired) electrons. The van der Waals surface area contributed by atoms with Gasteiger partial charge in [0.1, 0.15) is 24.6 Å². The minimum atomic E-state index is -1.27. The van der Waals surface area contributed by atoms with Gasteiger partial charge in [-0.2, -0.15) is 0 Å². The number of hydrogen-bond acceptors (Lipinski definition) is 9. The second-order valence-electron chi connectivity index (χ2n) is 6.22. The summed E-state index contributed by atoms with van der Waals surface area (Å²) in [6, 6.07) is 8.65. The molecule has 0 saturated carbocycles. The van der Waals surface area contributed by atoms with E-state index in [1.165, 1.54) is 17.2 Å². The number of amides is 1. The van der Waals surface area contributed by atoms with Crippen LogP contribution in [0.2, 0.25) is 0 Å². The standard InChI is InChI=1S/C17H18N6O5/c24-6-10-12(25)13(26)17(28-10)23-8-20-11-14(18-7-19-15(11)23)21-22-16(27)9-4-2-1-3-5-9/h1-5,7-8,10,12-13,17,24-26H,6H2,(H,22,27)(H,18,19,21)/t10-,12-,13-,17-/m1/s1. The molecule has 3 aromatic rings. The smallest absolute Gasteiger partial charge is 0.269 e. The second kappa shape index (κ2) is 7.48. The van der Waals surface area contributed by atoms with Gasteiger partial charge < -0.3 is 20.1 Å². The number of anilines is 1. The van der Waals surface area contributed by atoms with Crippen molar-refractivity contribution in [1.29, 1.82) is 0 Å². The highest BCUT2D eigenvalue weighted by Gasteiger charge is 2.44. The lowest BCUT2D eigenvalue weighted by molar-refractivity contribution is -0.0511. The Morgan fingerprint density at radius 1 is 1.14 bits per heavy atom. The van der Waals surface area contributed by atoms with Crippen molar-refractivity contribution in [3.8, 4) is 0 Å². The predicted octanol–water partition coefficient (Wildman–Crippen LogP) is -0.805. The first-order valence-electron chi connectivity index (χ1n) is 8.51. The summed E-state index contributed by atoms with van der Waals surface area (Å²) in [6.45, 7) is -0.436. The Labute approximate surface area is 158 Å². The van der Waals surface area contributed by atoms with Gasteiger partial charge in [-0.3, -0.25) is 20.2 Å². The lowest BCUT2D eigenvalue weighted by Crippen LogP contribution is -2.33. The van der Waals surface area contributed by atoms with Gasteiger partial charge in [0.25, 0.3) is 5.91 Å². The molecule has 2 aromatic heterocycles. The van der Waals surface area contributed by atoms with Gasteiger partial charge in [0.05, 0.1) is 12.9 Å². The van der Waals surface area contributed by atoms with E-state index in [-0.39, 0.29) is 11.7 Å². The zero-order chi connectivity index (χ0) is 19.7. The average molecular weight is 386 g/mol. The summed E-state index contributed by atoms with van der Waals surface area (Å²) in [4.78, 5) is 24.6. The average Bonchev–Trinajstić information content (AvgIpc) is 3.28. The number of fused-ring (bicyclic) bond motifs is 1. The third-order valence-corrected chi connectivity index (χ3v) is 4.48. The van der Waals surface area contributed by atoms with Crippen LogP contribution >= 0.6 is 0 Å². The molecule has 1 saturated heterocycles. The minimum absolute atomic E-state index is 0.250. The lowest BCUT2D eigenvalue weighted by atomic mass is 10.1. The molecule has 28 heavy (non-hydrogen) atoms. The fourth-order valence-electron chi connectivity index (χ4n) is 3.02. The second-order valence-corrected chi connectivity index (χ2v) is 6.22. The molecule has 5 N–H and O–H groups in total. The van der Waals surface area contributed by atoms with Crippen LogP contribution in [0.5, 0.6) is 0 Å². The van der Waals surface area contributed by atoms with Crippen LogP contribution in [0.3, 0.4) is 0 Å². The molecule has 0 unspecified atom stereocenters. The van der Waals surface area contributed by atoms with E-state index >= 15 is 0 Å². The van der Waals surface area contributed by atoms with Crippen molar-refractivity contribution in [3.63, 3.8) is 0 Å². The highest BCUT2D eigenvalue weighted by Crippen LogP contribution is 2.31. The number of rotatable bonds is 5. The van der Waals surface area contributed by atoms with Crippen molar-refractivity contribution in [2.24, 2.45) is 0 Å². The molecule has 1 aliphatic heterocycles. The summed E-state index contributed by atoms with van der Waals surface area (Å²) in [5.74, 6) is -0.102. The fraction of sp³-hybridized carbons (Fsp3) is 0.294. The number of hydrazine groups is 1. The molecule has 0 spiro atoms. The molecule has 4 atom stereocenters. The van der Waals surface area contributed by atoms with Crippen LogP contribution in [-0.2, 0) is 4.74 Å². The molecule has 146 valence electrons. The highest BCUT2D eigenvalue weighted by molar-refractivity contribution is 5.95. The Morgan fingerprint density at radius 3 is 2.64 bits per heavy atom. The van der Waals surface area contributed by atoms with Gasteiger partial charge in [-0.1, -0.05) is 18.2 Å². The van der Waals surface area contributed by atoms with Gasteiger partial charge in [0.15, 0.2) is 23.2 Å².